The van der Waals surface area contributed by atoms with Gasteiger partial charge in [-0.05, 0) is 23.9 Å². The van der Waals surface area contributed by atoms with E-state index in [9.17, 15) is 15.0 Å². The molecule has 0 unspecified atom stereocenters. The zero-order valence-electron chi connectivity index (χ0n) is 13.5. The minimum absolute atomic E-state index is 0.0183. The van der Waals surface area contributed by atoms with Crippen LogP contribution in [0.3, 0.4) is 0 Å². The summed E-state index contributed by atoms with van der Waals surface area (Å²) in [7, 11) is 0. The highest BCUT2D eigenvalue weighted by Gasteiger charge is 2.24. The first kappa shape index (κ1) is 18.6. The molecule has 0 radical (unpaired) electrons. The molecule has 0 aliphatic rings. The van der Waals surface area contributed by atoms with Gasteiger partial charge in [0.25, 0.3) is 0 Å². The molecule has 0 heterocycles. The Morgan fingerprint density at radius 2 is 1.92 bits per heavy atom. The molecule has 0 saturated carbocycles. The summed E-state index contributed by atoms with van der Waals surface area (Å²) in [5.41, 5.74) is 0.669. The summed E-state index contributed by atoms with van der Waals surface area (Å²) in [4.78, 5) is 11.2. The van der Waals surface area contributed by atoms with E-state index >= 15 is 0 Å². The van der Waals surface area contributed by atoms with Gasteiger partial charge in [-0.15, -0.1) is 0 Å². The molecule has 2 atom stereocenters. The van der Waals surface area contributed by atoms with Crippen LogP contribution < -0.4 is 0 Å². The molecule has 0 bridgehead atoms. The van der Waals surface area contributed by atoms with Crippen LogP contribution in [0.25, 0.3) is 10.8 Å². The monoisotopic (exact) mass is 350 g/mol. The first-order valence-electron chi connectivity index (χ1n) is 7.85. The molecule has 0 fully saturated rings. The number of phenolic OH excluding ortho intramolecular Hbond substituents is 1. The molecular weight excluding hydrogens is 328 g/mol. The fraction of sp³-hybridized carbons (Fsp3) is 0.389. The van der Waals surface area contributed by atoms with Gasteiger partial charge >= 0.3 is 5.97 Å². The predicted octanol–water partition coefficient (Wildman–Crippen LogP) is 2.85. The summed E-state index contributed by atoms with van der Waals surface area (Å²) in [6.45, 7) is 2.42. The number of esters is 1. The van der Waals surface area contributed by atoms with Crippen molar-refractivity contribution < 1.29 is 24.5 Å². The summed E-state index contributed by atoms with van der Waals surface area (Å²) < 4.78 is 10.6. The highest BCUT2D eigenvalue weighted by molar-refractivity contribution is 7.81. The molecule has 0 saturated heterocycles. The summed E-state index contributed by atoms with van der Waals surface area (Å²) in [6.07, 6.45) is -1.05. The molecule has 2 aromatic carbocycles. The number of ether oxygens (including phenoxy) is 2. The van der Waals surface area contributed by atoms with Gasteiger partial charge in [-0.2, -0.15) is 12.6 Å². The van der Waals surface area contributed by atoms with E-state index in [-0.39, 0.29) is 18.1 Å². The van der Waals surface area contributed by atoms with Gasteiger partial charge in [0.2, 0.25) is 0 Å². The van der Waals surface area contributed by atoms with E-state index in [0.717, 1.165) is 5.39 Å². The lowest BCUT2D eigenvalue weighted by molar-refractivity contribution is -0.142. The fourth-order valence-corrected chi connectivity index (χ4v) is 2.74. The Bertz CT molecular complexity index is 688. The average Bonchev–Trinajstić information content (AvgIpc) is 2.61. The third kappa shape index (κ3) is 4.41. The number of hydrogen-bond donors (Lipinski definition) is 3. The Kier molecular flexibility index (Phi) is 6.90. The van der Waals surface area contributed by atoms with Crippen LogP contribution in [0.2, 0.25) is 0 Å². The van der Waals surface area contributed by atoms with E-state index < -0.39 is 18.2 Å². The van der Waals surface area contributed by atoms with Gasteiger partial charge < -0.3 is 19.7 Å². The largest absolute Gasteiger partial charge is 0.507 e. The number of carbonyl (C=O) groups is 1. The normalized spacial score (nSPS) is 13.6. The number of phenols is 1. The number of benzene rings is 2. The van der Waals surface area contributed by atoms with Crippen molar-refractivity contribution in [2.75, 3.05) is 19.0 Å². The summed E-state index contributed by atoms with van der Waals surface area (Å²) in [6, 6.07) is 10.6. The van der Waals surface area contributed by atoms with E-state index in [1.165, 1.54) is 0 Å². The number of rotatable bonds is 8. The van der Waals surface area contributed by atoms with Crippen LogP contribution >= 0.6 is 12.6 Å². The zero-order chi connectivity index (χ0) is 17.5. The summed E-state index contributed by atoms with van der Waals surface area (Å²) in [5, 5.41) is 22.2. The van der Waals surface area contributed by atoms with Crippen LogP contribution in [-0.2, 0) is 14.3 Å². The predicted molar refractivity (Wildman–Crippen MR) is 95.4 cm³/mol. The van der Waals surface area contributed by atoms with E-state index in [4.69, 9.17) is 9.47 Å². The second-order valence-electron chi connectivity index (χ2n) is 5.33. The lowest BCUT2D eigenvalue weighted by Gasteiger charge is -2.24. The molecule has 0 spiro atoms. The van der Waals surface area contributed by atoms with Crippen molar-refractivity contribution in [1.29, 1.82) is 0 Å². The van der Waals surface area contributed by atoms with Gasteiger partial charge in [-0.1, -0.05) is 30.3 Å². The third-order valence-electron chi connectivity index (χ3n) is 3.78. The SMILES string of the molecule is CCO[C@@H](CCOC(=O)CS)[C@@H](O)c1ccc(O)c2ccccc12. The third-order valence-corrected chi connectivity index (χ3v) is 4.04. The minimum atomic E-state index is -0.898. The molecule has 130 valence electrons. The van der Waals surface area contributed by atoms with Gasteiger partial charge in [0, 0.05) is 18.4 Å². The van der Waals surface area contributed by atoms with Crippen molar-refractivity contribution in [3.8, 4) is 5.75 Å². The Morgan fingerprint density at radius 1 is 1.21 bits per heavy atom. The van der Waals surface area contributed by atoms with Crippen molar-refractivity contribution >= 4 is 29.4 Å². The maximum absolute atomic E-state index is 11.2. The minimum Gasteiger partial charge on any atom is -0.507 e. The van der Waals surface area contributed by atoms with E-state index in [2.05, 4.69) is 12.6 Å². The van der Waals surface area contributed by atoms with Crippen LogP contribution in [0, 0.1) is 0 Å². The van der Waals surface area contributed by atoms with Crippen LogP contribution in [-0.4, -0.2) is 41.3 Å². The van der Waals surface area contributed by atoms with Gasteiger partial charge in [-0.25, -0.2) is 0 Å². The summed E-state index contributed by atoms with van der Waals surface area (Å²) >= 11 is 3.85. The standard InChI is InChI=1S/C18H22O5S/c1-2-22-16(9-10-23-17(20)11-24)18(21)14-7-8-15(19)13-6-4-3-5-12(13)14/h3-8,16,18-19,21,24H,2,9-11H2,1H3/t16-,18-/m0/s1. The number of hydrogen-bond acceptors (Lipinski definition) is 6. The maximum atomic E-state index is 11.2. The first-order valence-corrected chi connectivity index (χ1v) is 8.48. The molecule has 24 heavy (non-hydrogen) atoms. The molecular formula is C18H22O5S. The average molecular weight is 350 g/mol. The molecule has 6 heteroatoms. The summed E-state index contributed by atoms with van der Waals surface area (Å²) in [5.74, 6) is -0.222. The van der Waals surface area contributed by atoms with Crippen LogP contribution in [0.15, 0.2) is 36.4 Å². The van der Waals surface area contributed by atoms with Crippen LogP contribution in [0.4, 0.5) is 0 Å². The topological polar surface area (TPSA) is 76.0 Å². The van der Waals surface area contributed by atoms with E-state index in [0.29, 0.717) is 24.0 Å². The van der Waals surface area contributed by atoms with Gasteiger partial charge in [-0.3, -0.25) is 4.79 Å². The number of aromatic hydroxyl groups is 1. The smallest absolute Gasteiger partial charge is 0.315 e. The Balaban J connectivity index is 2.21. The fourth-order valence-electron chi connectivity index (χ4n) is 2.65. The van der Waals surface area contributed by atoms with Crippen LogP contribution in [0.1, 0.15) is 25.0 Å². The molecule has 5 nitrogen and oxygen atoms in total. The Morgan fingerprint density at radius 3 is 2.58 bits per heavy atom. The van der Waals surface area contributed by atoms with Crippen molar-refractivity contribution in [3.05, 3.63) is 42.0 Å². The van der Waals surface area contributed by atoms with E-state index in [1.54, 1.807) is 18.2 Å². The second-order valence-corrected chi connectivity index (χ2v) is 5.64. The molecule has 0 aromatic heterocycles. The second kappa shape index (κ2) is 8.92. The Labute approximate surface area is 146 Å². The molecule has 2 rings (SSSR count). The quantitative estimate of drug-likeness (QED) is 0.504. The highest BCUT2D eigenvalue weighted by atomic mass is 32.1. The number of aliphatic hydroxyl groups is 1. The zero-order valence-corrected chi connectivity index (χ0v) is 14.4. The number of thiol groups is 1. The molecule has 2 aromatic rings. The van der Waals surface area contributed by atoms with Crippen molar-refractivity contribution in [2.24, 2.45) is 0 Å². The lowest BCUT2D eigenvalue weighted by Crippen LogP contribution is -2.25. The molecule has 0 aliphatic heterocycles. The van der Waals surface area contributed by atoms with Gasteiger partial charge in [0.15, 0.2) is 0 Å². The molecule has 2 N–H and O–H groups in total. The molecule has 0 amide bonds. The maximum Gasteiger partial charge on any atom is 0.315 e. The Hall–Kier alpha value is -1.76. The highest BCUT2D eigenvalue weighted by Crippen LogP contribution is 2.33. The van der Waals surface area contributed by atoms with Gasteiger partial charge in [0.1, 0.15) is 11.9 Å². The number of fused-ring (bicyclic) bond motifs is 1. The van der Waals surface area contributed by atoms with Gasteiger partial charge in [0.05, 0.1) is 18.5 Å². The van der Waals surface area contributed by atoms with E-state index in [1.807, 2.05) is 25.1 Å². The van der Waals surface area contributed by atoms with Crippen molar-refractivity contribution in [1.82, 2.24) is 0 Å². The molecule has 0 aliphatic carbocycles. The number of aliphatic hydroxyl groups excluding tert-OH is 1. The lowest BCUT2D eigenvalue weighted by atomic mass is 9.95. The van der Waals surface area contributed by atoms with Crippen molar-refractivity contribution in [3.63, 3.8) is 0 Å². The van der Waals surface area contributed by atoms with Crippen molar-refractivity contribution in [2.45, 2.75) is 25.6 Å². The first-order chi connectivity index (χ1) is 11.6. The number of carbonyl (C=O) groups excluding carboxylic acids is 1. The van der Waals surface area contributed by atoms with Crippen LogP contribution in [0.5, 0.6) is 5.75 Å².